The summed E-state index contributed by atoms with van der Waals surface area (Å²) < 4.78 is 40.3. The van der Waals surface area contributed by atoms with E-state index in [2.05, 4.69) is 5.32 Å². The predicted octanol–water partition coefficient (Wildman–Crippen LogP) is 5.45. The van der Waals surface area contributed by atoms with Gasteiger partial charge in [-0.2, -0.15) is 0 Å². The van der Waals surface area contributed by atoms with Gasteiger partial charge in [-0.05, 0) is 80.4 Å². The molecule has 0 aromatic heterocycles. The van der Waals surface area contributed by atoms with Crippen molar-refractivity contribution in [2.45, 2.75) is 50.7 Å². The maximum atomic E-state index is 14.5. The molecule has 0 bridgehead atoms. The summed E-state index contributed by atoms with van der Waals surface area (Å²) in [6, 6.07) is 30.1. The van der Waals surface area contributed by atoms with Crippen molar-refractivity contribution in [2.24, 2.45) is 0 Å². The van der Waals surface area contributed by atoms with Crippen LogP contribution in [0.2, 0.25) is 0 Å². The maximum absolute atomic E-state index is 14.5. The van der Waals surface area contributed by atoms with Crippen molar-refractivity contribution in [3.05, 3.63) is 120 Å². The first-order chi connectivity index (χ1) is 22.1. The molecule has 0 radical (unpaired) electrons. The van der Waals surface area contributed by atoms with Gasteiger partial charge < -0.3 is 19.7 Å². The Morgan fingerprint density at radius 1 is 0.804 bits per heavy atom. The van der Waals surface area contributed by atoms with Gasteiger partial charge in [0.1, 0.15) is 24.1 Å². The maximum Gasteiger partial charge on any atom is 0.264 e. The highest BCUT2D eigenvalue weighted by Gasteiger charge is 2.35. The van der Waals surface area contributed by atoms with Crippen molar-refractivity contribution in [1.29, 1.82) is 0 Å². The van der Waals surface area contributed by atoms with Crippen LogP contribution in [0.5, 0.6) is 11.5 Å². The number of rotatable bonds is 15. The van der Waals surface area contributed by atoms with Crippen LogP contribution in [0.3, 0.4) is 0 Å². The van der Waals surface area contributed by atoms with Crippen molar-refractivity contribution in [3.63, 3.8) is 0 Å². The molecule has 0 fully saturated rings. The molecule has 0 aliphatic rings. The number of carbonyl (C=O) groups excluding carboxylic acids is 2. The van der Waals surface area contributed by atoms with Crippen LogP contribution in [-0.4, -0.2) is 57.5 Å². The number of hydrogen-bond donors (Lipinski definition) is 1. The second-order valence-electron chi connectivity index (χ2n) is 11.0. The van der Waals surface area contributed by atoms with Crippen molar-refractivity contribution in [3.8, 4) is 11.5 Å². The van der Waals surface area contributed by atoms with Gasteiger partial charge in [0.2, 0.25) is 11.8 Å². The summed E-state index contributed by atoms with van der Waals surface area (Å²) in [6.07, 6.45) is 0.226. The molecule has 0 saturated heterocycles. The number of nitrogens with zero attached hydrogens (tertiary/aromatic N) is 2. The fourth-order valence-corrected chi connectivity index (χ4v) is 6.46. The molecule has 242 valence electrons. The molecule has 10 heteroatoms. The fraction of sp³-hybridized carbons (Fsp3) is 0.278. The average molecular weight is 644 g/mol. The summed E-state index contributed by atoms with van der Waals surface area (Å²) in [5.74, 6) is 0.283. The number of anilines is 1. The number of nitrogens with one attached hydrogen (secondary N) is 1. The second-order valence-corrected chi connectivity index (χ2v) is 12.9. The molecular formula is C36H41N3O6S. The molecule has 2 amide bonds. The molecule has 0 aliphatic heterocycles. The predicted molar refractivity (Wildman–Crippen MR) is 179 cm³/mol. The van der Waals surface area contributed by atoms with Gasteiger partial charge in [0.05, 0.1) is 24.3 Å². The molecule has 46 heavy (non-hydrogen) atoms. The molecular weight excluding hydrogens is 602 g/mol. The Morgan fingerprint density at radius 2 is 1.43 bits per heavy atom. The minimum Gasteiger partial charge on any atom is -0.497 e. The summed E-state index contributed by atoms with van der Waals surface area (Å²) in [7, 11) is -2.64. The van der Waals surface area contributed by atoms with Crippen molar-refractivity contribution in [2.75, 3.05) is 24.6 Å². The van der Waals surface area contributed by atoms with Crippen LogP contribution in [0, 0.1) is 0 Å². The van der Waals surface area contributed by atoms with Gasteiger partial charge in [-0.15, -0.1) is 0 Å². The Hall–Kier alpha value is -4.83. The molecule has 0 heterocycles. The summed E-state index contributed by atoms with van der Waals surface area (Å²) in [5, 5.41) is 2.96. The van der Waals surface area contributed by atoms with Gasteiger partial charge in [-0.25, -0.2) is 8.42 Å². The Morgan fingerprint density at radius 3 is 2.04 bits per heavy atom. The Bertz CT molecular complexity index is 1680. The van der Waals surface area contributed by atoms with E-state index in [4.69, 9.17) is 9.47 Å². The lowest BCUT2D eigenvalue weighted by atomic mass is 10.0. The van der Waals surface area contributed by atoms with E-state index >= 15 is 0 Å². The van der Waals surface area contributed by atoms with E-state index in [1.165, 1.54) is 17.0 Å². The molecule has 4 aromatic rings. The zero-order valence-corrected chi connectivity index (χ0v) is 27.4. The molecule has 1 N–H and O–H groups in total. The quantitative estimate of drug-likeness (QED) is 0.185. The summed E-state index contributed by atoms with van der Waals surface area (Å²) >= 11 is 0. The van der Waals surface area contributed by atoms with Crippen molar-refractivity contribution < 1.29 is 27.5 Å². The van der Waals surface area contributed by atoms with E-state index < -0.39 is 28.5 Å². The van der Waals surface area contributed by atoms with Crippen molar-refractivity contribution in [1.82, 2.24) is 10.2 Å². The number of methoxy groups -OCH3 is 1. The molecule has 9 nitrogen and oxygen atoms in total. The van der Waals surface area contributed by atoms with E-state index in [0.717, 1.165) is 15.4 Å². The lowest BCUT2D eigenvalue weighted by molar-refractivity contribution is -0.140. The van der Waals surface area contributed by atoms with Crippen LogP contribution in [0.15, 0.2) is 114 Å². The zero-order valence-electron chi connectivity index (χ0n) is 26.6. The molecule has 0 aliphatic carbocycles. The van der Waals surface area contributed by atoms with E-state index in [1.54, 1.807) is 61.7 Å². The summed E-state index contributed by atoms with van der Waals surface area (Å²) in [4.78, 5) is 29.9. The minimum absolute atomic E-state index is 0.0365. The topological polar surface area (TPSA) is 105 Å². The second kappa shape index (κ2) is 15.9. The van der Waals surface area contributed by atoms with E-state index in [-0.39, 0.29) is 35.5 Å². The van der Waals surface area contributed by atoms with Crippen LogP contribution in [0.4, 0.5) is 5.69 Å². The van der Waals surface area contributed by atoms with Crippen LogP contribution >= 0.6 is 0 Å². The SMILES string of the molecule is CCOc1ccc(N(CC(=O)N(Cc2cccc(OC)c2)[C@@H](Cc2ccccc2)C(=O)NC(C)C)S(=O)(=O)c2ccccc2)cc1. The monoisotopic (exact) mass is 643 g/mol. The first kappa shape index (κ1) is 34.1. The van der Waals surface area contributed by atoms with Gasteiger partial charge >= 0.3 is 0 Å². The minimum atomic E-state index is -4.19. The Labute approximate surface area is 271 Å². The Kier molecular flexibility index (Phi) is 11.8. The Balaban J connectivity index is 1.80. The molecule has 4 aromatic carbocycles. The fourth-order valence-electron chi connectivity index (χ4n) is 5.03. The molecule has 4 rings (SSSR count). The molecule has 1 atom stereocenters. The highest BCUT2D eigenvalue weighted by molar-refractivity contribution is 7.92. The van der Waals surface area contributed by atoms with E-state index in [1.807, 2.05) is 63.2 Å². The van der Waals surface area contributed by atoms with Gasteiger partial charge in [0.15, 0.2) is 0 Å². The largest absolute Gasteiger partial charge is 0.497 e. The molecule has 0 saturated carbocycles. The lowest BCUT2D eigenvalue weighted by Crippen LogP contribution is -2.54. The highest BCUT2D eigenvalue weighted by Crippen LogP contribution is 2.27. The third kappa shape index (κ3) is 8.88. The smallest absolute Gasteiger partial charge is 0.264 e. The van der Waals surface area contributed by atoms with Gasteiger partial charge in [-0.1, -0.05) is 60.7 Å². The molecule has 0 spiro atoms. The van der Waals surface area contributed by atoms with Gasteiger partial charge in [0, 0.05) is 19.0 Å². The highest BCUT2D eigenvalue weighted by atomic mass is 32.2. The van der Waals surface area contributed by atoms with Gasteiger partial charge in [0.25, 0.3) is 10.0 Å². The zero-order chi connectivity index (χ0) is 33.1. The number of sulfonamides is 1. The normalized spacial score (nSPS) is 11.8. The number of amides is 2. The standard InChI is InChI=1S/C36H41N3O6S/c1-5-45-31-21-19-30(20-22-31)39(46(42,43)33-17-10-7-11-18-33)26-35(40)38(25-29-15-12-16-32(23-29)44-4)34(36(41)37-27(2)3)24-28-13-8-6-9-14-28/h6-23,27,34H,5,24-26H2,1-4H3,(H,37,41)/t34-/m0/s1. The van der Waals surface area contributed by atoms with Crippen LogP contribution < -0.4 is 19.1 Å². The summed E-state index contributed by atoms with van der Waals surface area (Å²) in [5.41, 5.74) is 1.87. The van der Waals surface area contributed by atoms with Crippen LogP contribution in [-0.2, 0) is 32.6 Å². The molecule has 0 unspecified atom stereocenters. The van der Waals surface area contributed by atoms with E-state index in [0.29, 0.717) is 18.1 Å². The third-order valence-corrected chi connectivity index (χ3v) is 9.02. The lowest BCUT2D eigenvalue weighted by Gasteiger charge is -2.34. The average Bonchev–Trinajstić information content (AvgIpc) is 3.06. The van der Waals surface area contributed by atoms with Crippen molar-refractivity contribution >= 4 is 27.5 Å². The number of carbonyl (C=O) groups is 2. The summed E-state index contributed by atoms with van der Waals surface area (Å²) in [6.45, 7) is 5.51. The van der Waals surface area contributed by atoms with Gasteiger partial charge in [-0.3, -0.25) is 13.9 Å². The number of benzene rings is 4. The van der Waals surface area contributed by atoms with Crippen LogP contribution in [0.25, 0.3) is 0 Å². The van der Waals surface area contributed by atoms with E-state index in [9.17, 15) is 18.0 Å². The van der Waals surface area contributed by atoms with Crippen LogP contribution in [0.1, 0.15) is 31.9 Å². The first-order valence-electron chi connectivity index (χ1n) is 15.2. The number of hydrogen-bond acceptors (Lipinski definition) is 6. The third-order valence-electron chi connectivity index (χ3n) is 7.23. The first-order valence-corrected chi connectivity index (χ1v) is 16.6. The number of ether oxygens (including phenoxy) is 2.